The molecule has 0 unspecified atom stereocenters. The largest absolute Gasteiger partial charge is 0.489 e. The maximum atomic E-state index is 13.8. The minimum absolute atomic E-state index is 0.248. The topological polar surface area (TPSA) is 25.4 Å². The Balaban J connectivity index is 1.63. The Hall–Kier alpha value is -3.11. The van der Waals surface area contributed by atoms with Crippen LogP contribution in [0.5, 0.6) is 5.75 Å². The molecule has 0 amide bonds. The van der Waals surface area contributed by atoms with Gasteiger partial charge in [-0.3, -0.25) is 4.98 Å². The van der Waals surface area contributed by atoms with Crippen LogP contribution in [-0.2, 0) is 6.61 Å². The van der Waals surface area contributed by atoms with Crippen LogP contribution >= 0.6 is 11.6 Å². The van der Waals surface area contributed by atoms with Crippen LogP contribution in [-0.4, -0.2) is 18.1 Å². The molecule has 3 nitrogen and oxygen atoms in total. The Kier molecular flexibility index (Phi) is 6.19. The van der Waals surface area contributed by atoms with E-state index in [1.54, 1.807) is 0 Å². The maximum absolute atomic E-state index is 13.8. The number of nitrogens with zero attached hydrogens (tertiary/aromatic N) is 2. The molecule has 5 rings (SSSR count). The zero-order chi connectivity index (χ0) is 22.8. The molecule has 4 aromatic rings. The molecule has 0 spiro atoms. The molecule has 5 heteroatoms. The average molecular weight is 461 g/mol. The SMILES string of the molecule is Cc1nc2ccc(N3CCCCC3)cc2c(-c2ccc(F)cc2)c1COc1ccc(Cl)cc1. The lowest BCUT2D eigenvalue weighted by molar-refractivity contribution is 0.305. The van der Waals surface area contributed by atoms with E-state index in [-0.39, 0.29) is 5.82 Å². The van der Waals surface area contributed by atoms with Crippen molar-refractivity contribution in [3.63, 3.8) is 0 Å². The molecule has 0 saturated carbocycles. The zero-order valence-electron chi connectivity index (χ0n) is 18.7. The lowest BCUT2D eigenvalue weighted by Crippen LogP contribution is -2.29. The average Bonchev–Trinajstić information content (AvgIpc) is 2.84. The number of ether oxygens (including phenoxy) is 1. The van der Waals surface area contributed by atoms with E-state index in [0.29, 0.717) is 11.6 Å². The quantitative estimate of drug-likeness (QED) is 0.307. The van der Waals surface area contributed by atoms with Gasteiger partial charge in [0.1, 0.15) is 18.2 Å². The Morgan fingerprint density at radius 1 is 0.939 bits per heavy atom. The lowest BCUT2D eigenvalue weighted by Gasteiger charge is -2.29. The van der Waals surface area contributed by atoms with Crippen molar-refractivity contribution in [1.82, 2.24) is 4.98 Å². The molecule has 0 atom stereocenters. The summed E-state index contributed by atoms with van der Waals surface area (Å²) in [5, 5.41) is 1.73. The van der Waals surface area contributed by atoms with Gasteiger partial charge in [-0.25, -0.2) is 4.39 Å². The van der Waals surface area contributed by atoms with E-state index in [1.165, 1.54) is 37.1 Å². The van der Waals surface area contributed by atoms with E-state index in [4.69, 9.17) is 21.3 Å². The number of piperidine rings is 1. The fourth-order valence-electron chi connectivity index (χ4n) is 4.57. The summed E-state index contributed by atoms with van der Waals surface area (Å²) in [6, 6.07) is 20.5. The molecule has 1 aromatic heterocycles. The van der Waals surface area contributed by atoms with Crippen molar-refractivity contribution < 1.29 is 9.13 Å². The van der Waals surface area contributed by atoms with E-state index >= 15 is 0 Å². The van der Waals surface area contributed by atoms with Gasteiger partial charge in [0.15, 0.2) is 0 Å². The number of anilines is 1. The van der Waals surface area contributed by atoms with Crippen molar-refractivity contribution in [3.8, 4) is 16.9 Å². The van der Waals surface area contributed by atoms with Gasteiger partial charge >= 0.3 is 0 Å². The maximum Gasteiger partial charge on any atom is 0.123 e. The van der Waals surface area contributed by atoms with Crippen LogP contribution in [0.25, 0.3) is 22.0 Å². The first-order valence-electron chi connectivity index (χ1n) is 11.4. The number of pyridine rings is 1. The first kappa shape index (κ1) is 21.7. The van der Waals surface area contributed by atoms with Gasteiger partial charge in [-0.1, -0.05) is 23.7 Å². The van der Waals surface area contributed by atoms with Crippen molar-refractivity contribution in [2.24, 2.45) is 0 Å². The molecule has 1 saturated heterocycles. The molecule has 0 N–H and O–H groups in total. The van der Waals surface area contributed by atoms with E-state index in [9.17, 15) is 4.39 Å². The highest BCUT2D eigenvalue weighted by atomic mass is 35.5. The number of hydrogen-bond acceptors (Lipinski definition) is 3. The molecule has 1 aliphatic heterocycles. The first-order chi connectivity index (χ1) is 16.1. The van der Waals surface area contributed by atoms with Gasteiger partial charge < -0.3 is 9.64 Å². The Bertz CT molecular complexity index is 1270. The second kappa shape index (κ2) is 9.40. The van der Waals surface area contributed by atoms with E-state index in [2.05, 4.69) is 23.1 Å². The standard InChI is InChI=1S/C28H26ClFN2O/c1-19-26(18-33-24-12-7-21(29)8-13-24)28(20-5-9-22(30)10-6-20)25-17-23(11-14-27(25)31-19)32-15-3-2-4-16-32/h5-14,17H,2-4,15-16,18H2,1H3. The number of fused-ring (bicyclic) bond motifs is 1. The van der Waals surface area contributed by atoms with Crippen LogP contribution in [0, 0.1) is 12.7 Å². The van der Waals surface area contributed by atoms with E-state index < -0.39 is 0 Å². The van der Waals surface area contributed by atoms with Crippen LogP contribution < -0.4 is 9.64 Å². The summed E-state index contributed by atoms with van der Waals surface area (Å²) in [6.45, 7) is 4.51. The second-order valence-electron chi connectivity index (χ2n) is 8.55. The minimum Gasteiger partial charge on any atom is -0.489 e. The molecule has 0 bridgehead atoms. The van der Waals surface area contributed by atoms with Gasteiger partial charge in [0.2, 0.25) is 0 Å². The molecular weight excluding hydrogens is 435 g/mol. The normalized spacial score (nSPS) is 14.0. The summed E-state index contributed by atoms with van der Waals surface area (Å²) in [5.74, 6) is 0.493. The Labute approximate surface area is 198 Å². The van der Waals surface area contributed by atoms with Gasteiger partial charge in [-0.15, -0.1) is 0 Å². The van der Waals surface area contributed by atoms with Crippen molar-refractivity contribution >= 4 is 28.2 Å². The van der Waals surface area contributed by atoms with Gasteiger partial charge in [-0.05, 0) is 91.9 Å². The van der Waals surface area contributed by atoms with Crippen LogP contribution in [0.15, 0.2) is 66.7 Å². The molecule has 3 aromatic carbocycles. The van der Waals surface area contributed by atoms with E-state index in [0.717, 1.165) is 52.1 Å². The van der Waals surface area contributed by atoms with Crippen molar-refractivity contribution in [3.05, 3.63) is 88.8 Å². The van der Waals surface area contributed by atoms with Crippen molar-refractivity contribution in [1.29, 1.82) is 0 Å². The number of rotatable bonds is 5. The predicted octanol–water partition coefficient (Wildman–Crippen LogP) is 7.57. The van der Waals surface area contributed by atoms with Gasteiger partial charge in [0.05, 0.1) is 5.52 Å². The van der Waals surface area contributed by atoms with Crippen molar-refractivity contribution in [2.75, 3.05) is 18.0 Å². The summed E-state index contributed by atoms with van der Waals surface area (Å²) in [6.07, 6.45) is 3.72. The molecule has 33 heavy (non-hydrogen) atoms. The highest BCUT2D eigenvalue weighted by molar-refractivity contribution is 6.30. The number of hydrogen-bond donors (Lipinski definition) is 0. The van der Waals surface area contributed by atoms with Crippen molar-refractivity contribution in [2.45, 2.75) is 32.8 Å². The van der Waals surface area contributed by atoms with Crippen LogP contribution in [0.2, 0.25) is 5.02 Å². The third-order valence-corrected chi connectivity index (χ3v) is 6.58. The van der Waals surface area contributed by atoms with Gasteiger partial charge in [0.25, 0.3) is 0 Å². The number of halogens is 2. The fraction of sp³-hybridized carbons (Fsp3) is 0.250. The number of aryl methyl sites for hydroxylation is 1. The molecule has 1 fully saturated rings. The number of benzene rings is 3. The predicted molar refractivity (Wildman–Crippen MR) is 134 cm³/mol. The van der Waals surface area contributed by atoms with E-state index in [1.807, 2.05) is 43.3 Å². The highest BCUT2D eigenvalue weighted by Gasteiger charge is 2.18. The molecule has 0 radical (unpaired) electrons. The fourth-order valence-corrected chi connectivity index (χ4v) is 4.70. The van der Waals surface area contributed by atoms with Crippen LogP contribution in [0.1, 0.15) is 30.5 Å². The molecule has 0 aliphatic carbocycles. The smallest absolute Gasteiger partial charge is 0.123 e. The molecular formula is C28H26ClFN2O. The number of aromatic nitrogens is 1. The molecule has 168 valence electrons. The summed E-state index contributed by atoms with van der Waals surface area (Å²) in [4.78, 5) is 7.34. The highest BCUT2D eigenvalue weighted by Crippen LogP contribution is 2.36. The molecule has 1 aliphatic rings. The lowest BCUT2D eigenvalue weighted by atomic mass is 9.94. The minimum atomic E-state index is -0.248. The monoisotopic (exact) mass is 460 g/mol. The summed E-state index contributed by atoms with van der Waals surface area (Å²) < 4.78 is 19.9. The third-order valence-electron chi connectivity index (χ3n) is 6.33. The van der Waals surface area contributed by atoms with Crippen LogP contribution in [0.4, 0.5) is 10.1 Å². The summed E-state index contributed by atoms with van der Waals surface area (Å²) >= 11 is 6.02. The summed E-state index contributed by atoms with van der Waals surface area (Å²) in [5.41, 5.74) is 6.05. The first-order valence-corrected chi connectivity index (χ1v) is 11.8. The van der Waals surface area contributed by atoms with Gasteiger partial charge in [-0.2, -0.15) is 0 Å². The molecule has 2 heterocycles. The Morgan fingerprint density at radius 2 is 1.67 bits per heavy atom. The third kappa shape index (κ3) is 4.67. The zero-order valence-corrected chi connectivity index (χ0v) is 19.4. The summed E-state index contributed by atoms with van der Waals surface area (Å²) in [7, 11) is 0. The Morgan fingerprint density at radius 3 is 2.39 bits per heavy atom. The van der Waals surface area contributed by atoms with Gasteiger partial charge in [0, 0.05) is 40.4 Å². The second-order valence-corrected chi connectivity index (χ2v) is 8.99. The van der Waals surface area contributed by atoms with Crippen LogP contribution in [0.3, 0.4) is 0 Å².